The van der Waals surface area contributed by atoms with Crippen molar-refractivity contribution in [1.29, 1.82) is 0 Å². The van der Waals surface area contributed by atoms with Gasteiger partial charge in [-0.05, 0) is 35.8 Å². The van der Waals surface area contributed by atoms with Crippen molar-refractivity contribution in [1.82, 2.24) is 5.43 Å². The fourth-order valence-electron chi connectivity index (χ4n) is 4.30. The van der Waals surface area contributed by atoms with Gasteiger partial charge < -0.3 is 24.1 Å². The maximum absolute atomic E-state index is 12.5. The van der Waals surface area contributed by atoms with Gasteiger partial charge in [0.05, 0.1) is 31.4 Å². The van der Waals surface area contributed by atoms with Crippen LogP contribution in [-0.2, 0) is 4.79 Å². The van der Waals surface area contributed by atoms with Crippen LogP contribution >= 0.6 is 0 Å². The lowest BCUT2D eigenvalue weighted by molar-refractivity contribution is -0.122. The van der Waals surface area contributed by atoms with Crippen LogP contribution in [0.4, 0.5) is 0 Å². The highest BCUT2D eigenvalue weighted by atomic mass is 16.7. The van der Waals surface area contributed by atoms with E-state index in [1.807, 2.05) is 24.3 Å². The maximum atomic E-state index is 12.5. The molecule has 0 saturated heterocycles. The van der Waals surface area contributed by atoms with Crippen molar-refractivity contribution in [3.8, 4) is 28.7 Å². The molecule has 2 heterocycles. The van der Waals surface area contributed by atoms with E-state index >= 15 is 0 Å². The summed E-state index contributed by atoms with van der Waals surface area (Å²) in [6, 6.07) is 8.96. The fourth-order valence-corrected chi connectivity index (χ4v) is 4.30. The molecule has 0 bridgehead atoms. The van der Waals surface area contributed by atoms with E-state index in [1.54, 1.807) is 12.1 Å². The number of hydrogen-bond donors (Lipinski definition) is 2. The predicted molar refractivity (Wildman–Crippen MR) is 108 cm³/mol. The molecule has 0 fully saturated rings. The number of hydrogen-bond acceptors (Lipinski definition) is 7. The molecule has 5 rings (SSSR count). The second kappa shape index (κ2) is 6.98. The quantitative estimate of drug-likeness (QED) is 0.807. The topological polar surface area (TPSA) is 98.6 Å². The molecule has 2 aromatic rings. The third-order valence-corrected chi connectivity index (χ3v) is 5.72. The van der Waals surface area contributed by atoms with E-state index in [0.717, 1.165) is 11.1 Å². The Labute approximate surface area is 172 Å². The summed E-state index contributed by atoms with van der Waals surface area (Å²) in [5.41, 5.74) is 5.52. The van der Waals surface area contributed by atoms with Gasteiger partial charge in [-0.15, -0.1) is 0 Å². The number of nitrogens with zero attached hydrogens (tertiary/aromatic N) is 1. The molecule has 0 saturated carbocycles. The van der Waals surface area contributed by atoms with Crippen LogP contribution in [-0.4, -0.2) is 37.7 Å². The highest BCUT2D eigenvalue weighted by molar-refractivity contribution is 6.18. The molecular formula is C22H20N2O6. The van der Waals surface area contributed by atoms with Crippen molar-refractivity contribution in [2.24, 2.45) is 11.0 Å². The number of rotatable bonds is 4. The second-order valence-electron chi connectivity index (χ2n) is 7.31. The minimum absolute atomic E-state index is 0.0400. The molecule has 0 aromatic heterocycles. The fraction of sp³-hybridized carbons (Fsp3) is 0.273. The monoisotopic (exact) mass is 408 g/mol. The van der Waals surface area contributed by atoms with Crippen molar-refractivity contribution in [2.75, 3.05) is 21.0 Å². The van der Waals surface area contributed by atoms with E-state index in [4.69, 9.17) is 18.9 Å². The number of phenols is 1. The molecule has 1 aliphatic carbocycles. The molecule has 2 aliphatic heterocycles. The van der Waals surface area contributed by atoms with Gasteiger partial charge in [0.15, 0.2) is 11.5 Å². The zero-order valence-corrected chi connectivity index (χ0v) is 16.5. The Morgan fingerprint density at radius 2 is 1.97 bits per heavy atom. The zero-order valence-electron chi connectivity index (χ0n) is 16.5. The van der Waals surface area contributed by atoms with Crippen LogP contribution in [0.25, 0.3) is 5.57 Å². The van der Waals surface area contributed by atoms with Gasteiger partial charge in [0, 0.05) is 18.1 Å². The van der Waals surface area contributed by atoms with E-state index in [9.17, 15) is 9.90 Å². The van der Waals surface area contributed by atoms with Gasteiger partial charge in [-0.1, -0.05) is 6.07 Å². The summed E-state index contributed by atoms with van der Waals surface area (Å²) in [4.78, 5) is 12.5. The summed E-state index contributed by atoms with van der Waals surface area (Å²) in [5.74, 6) is 1.61. The number of carbonyl (C=O) groups excluding carboxylic acids is 1. The number of ether oxygens (including phenoxy) is 4. The van der Waals surface area contributed by atoms with Crippen molar-refractivity contribution in [3.63, 3.8) is 0 Å². The van der Waals surface area contributed by atoms with Crippen LogP contribution in [0.3, 0.4) is 0 Å². The minimum atomic E-state index is -0.416. The Hall–Kier alpha value is -3.68. The summed E-state index contributed by atoms with van der Waals surface area (Å²) < 4.78 is 21.7. The highest BCUT2D eigenvalue weighted by Crippen LogP contribution is 2.48. The Balaban J connectivity index is 1.60. The third-order valence-electron chi connectivity index (χ3n) is 5.72. The first-order valence-corrected chi connectivity index (χ1v) is 9.52. The number of carbonyl (C=O) groups is 1. The van der Waals surface area contributed by atoms with Crippen molar-refractivity contribution in [2.45, 2.75) is 12.3 Å². The lowest BCUT2D eigenvalue weighted by atomic mass is 9.73. The summed E-state index contributed by atoms with van der Waals surface area (Å²) in [6.45, 7) is 0.183. The van der Waals surface area contributed by atoms with Gasteiger partial charge in [0.2, 0.25) is 12.7 Å². The number of hydrazone groups is 1. The van der Waals surface area contributed by atoms with E-state index in [2.05, 4.69) is 10.5 Å². The first-order chi connectivity index (χ1) is 14.6. The predicted octanol–water partition coefficient (Wildman–Crippen LogP) is 2.81. The number of fused-ring (bicyclic) bond motifs is 2. The van der Waals surface area contributed by atoms with E-state index in [0.29, 0.717) is 40.7 Å². The Bertz CT molecular complexity index is 1110. The number of nitrogens with one attached hydrogen (secondary N) is 1. The lowest BCUT2D eigenvalue weighted by Crippen LogP contribution is -2.31. The standard InChI is InChI=1S/C22H20N2O6/c1-27-13-8-16(25)20(19(9-13)28-2)12-5-14(21-15(6-12)23-24-22(21)26)11-3-4-17-18(7-11)30-10-29-17/h3-4,6-9,14,21,25H,5,10H2,1-2H3,(H,24,26). The Kier molecular flexibility index (Phi) is 4.27. The number of amides is 1. The van der Waals surface area contributed by atoms with Gasteiger partial charge in [-0.2, -0.15) is 5.10 Å². The molecular weight excluding hydrogens is 388 g/mol. The first-order valence-electron chi connectivity index (χ1n) is 9.52. The molecule has 1 amide bonds. The molecule has 2 aromatic carbocycles. The maximum Gasteiger partial charge on any atom is 0.249 e. The average Bonchev–Trinajstić information content (AvgIpc) is 3.38. The molecule has 2 atom stereocenters. The van der Waals surface area contributed by atoms with Crippen molar-refractivity contribution < 1.29 is 28.8 Å². The van der Waals surface area contributed by atoms with Crippen LogP contribution in [0.2, 0.25) is 0 Å². The summed E-state index contributed by atoms with van der Waals surface area (Å²) in [5, 5.41) is 14.9. The van der Waals surface area contributed by atoms with E-state index in [-0.39, 0.29) is 24.4 Å². The molecule has 2 N–H and O–H groups in total. The van der Waals surface area contributed by atoms with Gasteiger partial charge in [-0.25, -0.2) is 5.43 Å². The smallest absolute Gasteiger partial charge is 0.249 e. The first kappa shape index (κ1) is 18.4. The van der Waals surface area contributed by atoms with Crippen molar-refractivity contribution >= 4 is 17.2 Å². The van der Waals surface area contributed by atoms with E-state index in [1.165, 1.54) is 14.2 Å². The molecule has 0 spiro atoms. The van der Waals surface area contributed by atoms with Gasteiger partial charge in [0.1, 0.15) is 17.2 Å². The Morgan fingerprint density at radius 1 is 1.13 bits per heavy atom. The van der Waals surface area contributed by atoms with Crippen LogP contribution in [0.5, 0.6) is 28.7 Å². The van der Waals surface area contributed by atoms with Gasteiger partial charge in [-0.3, -0.25) is 4.79 Å². The molecule has 3 aliphatic rings. The normalized spacial score (nSPS) is 21.5. The minimum Gasteiger partial charge on any atom is -0.507 e. The summed E-state index contributed by atoms with van der Waals surface area (Å²) in [7, 11) is 3.07. The largest absolute Gasteiger partial charge is 0.507 e. The SMILES string of the molecule is COc1cc(O)c(C2=CC3=NNC(=O)C3C(c3ccc4c(c3)OCO4)C2)c(OC)c1. The number of allylic oxidation sites excluding steroid dienone is 2. The average molecular weight is 408 g/mol. The molecule has 30 heavy (non-hydrogen) atoms. The molecule has 8 heteroatoms. The van der Waals surface area contributed by atoms with Gasteiger partial charge >= 0.3 is 0 Å². The Morgan fingerprint density at radius 3 is 2.77 bits per heavy atom. The van der Waals surface area contributed by atoms with Crippen LogP contribution in [0, 0.1) is 5.92 Å². The van der Waals surface area contributed by atoms with Crippen molar-refractivity contribution in [3.05, 3.63) is 47.5 Å². The number of aromatic hydroxyl groups is 1. The zero-order chi connectivity index (χ0) is 20.8. The second-order valence-corrected chi connectivity index (χ2v) is 7.31. The lowest BCUT2D eigenvalue weighted by Gasteiger charge is -2.29. The van der Waals surface area contributed by atoms with Crippen LogP contribution in [0.1, 0.15) is 23.5 Å². The van der Waals surface area contributed by atoms with Crippen LogP contribution in [0.15, 0.2) is 41.5 Å². The van der Waals surface area contributed by atoms with Gasteiger partial charge in [0.25, 0.3) is 0 Å². The number of benzene rings is 2. The molecule has 0 radical (unpaired) electrons. The molecule has 154 valence electrons. The summed E-state index contributed by atoms with van der Waals surface area (Å²) >= 11 is 0. The molecule has 2 unspecified atom stereocenters. The number of methoxy groups -OCH3 is 2. The summed E-state index contributed by atoms with van der Waals surface area (Å²) in [6.07, 6.45) is 2.35. The number of phenolic OH excluding ortho intramolecular Hbond substituents is 1. The highest BCUT2D eigenvalue weighted by Gasteiger charge is 2.41. The third kappa shape index (κ3) is 2.83. The van der Waals surface area contributed by atoms with Crippen LogP contribution < -0.4 is 24.4 Å². The van der Waals surface area contributed by atoms with E-state index < -0.39 is 5.92 Å². The molecule has 8 nitrogen and oxygen atoms in total.